The lowest BCUT2D eigenvalue weighted by Crippen LogP contribution is -2.25. The van der Waals surface area contributed by atoms with Crippen LogP contribution in [-0.2, 0) is 24.4 Å². The lowest BCUT2D eigenvalue weighted by molar-refractivity contribution is 0.139. The number of hydrogen-bond acceptors (Lipinski definition) is 3. The van der Waals surface area contributed by atoms with Crippen LogP contribution in [0.4, 0.5) is 4.79 Å². The van der Waals surface area contributed by atoms with Crippen LogP contribution >= 0.6 is 0 Å². The van der Waals surface area contributed by atoms with Gasteiger partial charge in [-0.25, -0.2) is 4.79 Å². The minimum Gasteiger partial charge on any atom is -0.445 e. The predicted octanol–water partition coefficient (Wildman–Crippen LogP) is 3.71. The second-order valence-corrected chi connectivity index (χ2v) is 6.17. The molecular weight excluding hydrogens is 300 g/mol. The number of nitrogens with zero attached hydrogens (tertiary/aromatic N) is 1. The van der Waals surface area contributed by atoms with E-state index in [9.17, 15) is 4.79 Å². The first-order valence-corrected chi connectivity index (χ1v) is 8.55. The summed E-state index contributed by atoms with van der Waals surface area (Å²) in [5, 5.41) is 2.85. The molecule has 0 bridgehead atoms. The van der Waals surface area contributed by atoms with E-state index in [1.165, 1.54) is 31.5 Å². The van der Waals surface area contributed by atoms with Crippen molar-refractivity contribution in [2.45, 2.75) is 32.5 Å². The molecular formula is C20H24N2O2. The Morgan fingerprint density at radius 3 is 2.38 bits per heavy atom. The standard InChI is InChI=1S/C20H24N2O2/c23-20(24-16-17-8-2-1-3-9-17)21-14-18-10-4-5-11-19(18)15-22-12-6-7-13-22/h1-5,8-11H,6-7,12-16H2,(H,21,23). The van der Waals surface area contributed by atoms with E-state index in [-0.39, 0.29) is 6.09 Å². The van der Waals surface area contributed by atoms with Gasteiger partial charge in [0.1, 0.15) is 6.61 Å². The maximum absolute atomic E-state index is 11.9. The van der Waals surface area contributed by atoms with E-state index in [2.05, 4.69) is 28.4 Å². The number of hydrogen-bond donors (Lipinski definition) is 1. The van der Waals surface area contributed by atoms with Gasteiger partial charge in [-0.15, -0.1) is 0 Å². The molecule has 0 aromatic heterocycles. The molecule has 1 amide bonds. The summed E-state index contributed by atoms with van der Waals surface area (Å²) in [5.74, 6) is 0. The molecule has 0 spiro atoms. The zero-order valence-electron chi connectivity index (χ0n) is 13.9. The lowest BCUT2D eigenvalue weighted by Gasteiger charge is -2.17. The fraction of sp³-hybridized carbons (Fsp3) is 0.350. The summed E-state index contributed by atoms with van der Waals surface area (Å²) in [4.78, 5) is 14.4. The molecule has 1 N–H and O–H groups in total. The maximum atomic E-state index is 11.9. The normalized spacial score (nSPS) is 14.5. The fourth-order valence-electron chi connectivity index (χ4n) is 3.01. The highest BCUT2D eigenvalue weighted by molar-refractivity contribution is 5.67. The number of benzene rings is 2. The van der Waals surface area contributed by atoms with E-state index in [0.29, 0.717) is 13.2 Å². The van der Waals surface area contributed by atoms with Gasteiger partial charge in [0.15, 0.2) is 0 Å². The number of carbonyl (C=O) groups excluding carboxylic acids is 1. The molecule has 0 saturated carbocycles. The van der Waals surface area contributed by atoms with Crippen LogP contribution in [0.5, 0.6) is 0 Å². The molecule has 1 aliphatic rings. The van der Waals surface area contributed by atoms with Gasteiger partial charge in [-0.3, -0.25) is 4.90 Å². The molecule has 4 nitrogen and oxygen atoms in total. The monoisotopic (exact) mass is 324 g/mol. The van der Waals surface area contributed by atoms with E-state index in [4.69, 9.17) is 4.74 Å². The number of ether oxygens (including phenoxy) is 1. The summed E-state index contributed by atoms with van der Waals surface area (Å²) in [7, 11) is 0. The molecule has 3 rings (SSSR count). The van der Waals surface area contributed by atoms with Gasteiger partial charge >= 0.3 is 6.09 Å². The Labute approximate surface area is 143 Å². The zero-order chi connectivity index (χ0) is 16.6. The minimum atomic E-state index is -0.380. The minimum absolute atomic E-state index is 0.294. The van der Waals surface area contributed by atoms with Crippen LogP contribution in [0, 0.1) is 0 Å². The quantitative estimate of drug-likeness (QED) is 0.881. The van der Waals surface area contributed by atoms with Crippen molar-refractivity contribution in [2.75, 3.05) is 13.1 Å². The molecule has 0 radical (unpaired) electrons. The van der Waals surface area contributed by atoms with Gasteiger partial charge in [-0.1, -0.05) is 54.6 Å². The van der Waals surface area contributed by atoms with E-state index in [1.807, 2.05) is 36.4 Å². The Hall–Kier alpha value is -2.33. The molecule has 24 heavy (non-hydrogen) atoms. The van der Waals surface area contributed by atoms with Crippen LogP contribution in [0.3, 0.4) is 0 Å². The van der Waals surface area contributed by atoms with Gasteiger partial charge in [0.2, 0.25) is 0 Å². The van der Waals surface area contributed by atoms with E-state index >= 15 is 0 Å². The topological polar surface area (TPSA) is 41.6 Å². The molecule has 2 aromatic rings. The van der Waals surface area contributed by atoms with Gasteiger partial charge in [-0.05, 0) is 42.6 Å². The third kappa shape index (κ3) is 4.83. The molecule has 1 heterocycles. The van der Waals surface area contributed by atoms with Crippen molar-refractivity contribution >= 4 is 6.09 Å². The van der Waals surface area contributed by atoms with E-state index in [0.717, 1.165) is 17.7 Å². The van der Waals surface area contributed by atoms with Gasteiger partial charge in [0.25, 0.3) is 0 Å². The number of carbonyl (C=O) groups is 1. The van der Waals surface area contributed by atoms with Gasteiger partial charge in [0, 0.05) is 13.1 Å². The van der Waals surface area contributed by atoms with Crippen LogP contribution in [0.15, 0.2) is 54.6 Å². The van der Waals surface area contributed by atoms with Crippen molar-refractivity contribution in [1.29, 1.82) is 0 Å². The average molecular weight is 324 g/mol. The zero-order valence-corrected chi connectivity index (χ0v) is 13.9. The van der Waals surface area contributed by atoms with E-state index in [1.54, 1.807) is 0 Å². The smallest absolute Gasteiger partial charge is 0.407 e. The van der Waals surface area contributed by atoms with Gasteiger partial charge < -0.3 is 10.1 Å². The summed E-state index contributed by atoms with van der Waals surface area (Å²) >= 11 is 0. The highest BCUT2D eigenvalue weighted by Gasteiger charge is 2.13. The number of nitrogens with one attached hydrogen (secondary N) is 1. The Bertz CT molecular complexity index is 652. The summed E-state index contributed by atoms with van der Waals surface area (Å²) in [6.07, 6.45) is 2.19. The molecule has 1 saturated heterocycles. The molecule has 0 aliphatic carbocycles. The second-order valence-electron chi connectivity index (χ2n) is 6.17. The van der Waals surface area contributed by atoms with Crippen molar-refractivity contribution in [3.8, 4) is 0 Å². The first-order chi connectivity index (χ1) is 11.8. The summed E-state index contributed by atoms with van der Waals surface area (Å²) < 4.78 is 5.26. The highest BCUT2D eigenvalue weighted by Crippen LogP contribution is 2.16. The second kappa shape index (κ2) is 8.50. The molecule has 0 atom stereocenters. The van der Waals surface area contributed by atoms with Crippen LogP contribution in [0.2, 0.25) is 0 Å². The van der Waals surface area contributed by atoms with Crippen molar-refractivity contribution in [3.63, 3.8) is 0 Å². The van der Waals surface area contributed by atoms with E-state index < -0.39 is 0 Å². The van der Waals surface area contributed by atoms with Crippen molar-refractivity contribution < 1.29 is 9.53 Å². The third-order valence-electron chi connectivity index (χ3n) is 4.35. The van der Waals surface area contributed by atoms with Crippen molar-refractivity contribution in [1.82, 2.24) is 10.2 Å². The number of alkyl carbamates (subject to hydrolysis) is 1. The summed E-state index contributed by atoms with van der Waals surface area (Å²) in [6, 6.07) is 18.0. The fourth-order valence-corrected chi connectivity index (χ4v) is 3.01. The third-order valence-corrected chi connectivity index (χ3v) is 4.35. The molecule has 1 aliphatic heterocycles. The highest BCUT2D eigenvalue weighted by atomic mass is 16.5. The first-order valence-electron chi connectivity index (χ1n) is 8.55. The first kappa shape index (κ1) is 16.5. The van der Waals surface area contributed by atoms with Crippen LogP contribution in [0.1, 0.15) is 29.5 Å². The Morgan fingerprint density at radius 2 is 1.62 bits per heavy atom. The molecule has 4 heteroatoms. The number of likely N-dealkylation sites (tertiary alicyclic amines) is 1. The van der Waals surface area contributed by atoms with Crippen LogP contribution in [0.25, 0.3) is 0 Å². The molecule has 1 fully saturated rings. The van der Waals surface area contributed by atoms with Crippen molar-refractivity contribution in [3.05, 3.63) is 71.3 Å². The van der Waals surface area contributed by atoms with Crippen molar-refractivity contribution in [2.24, 2.45) is 0 Å². The SMILES string of the molecule is O=C(NCc1ccccc1CN1CCCC1)OCc1ccccc1. The molecule has 0 unspecified atom stereocenters. The Balaban J connectivity index is 1.49. The number of rotatable bonds is 6. The van der Waals surface area contributed by atoms with Crippen LogP contribution < -0.4 is 5.32 Å². The predicted molar refractivity (Wildman–Crippen MR) is 94.4 cm³/mol. The molecule has 126 valence electrons. The summed E-state index contributed by atoms with van der Waals surface area (Å²) in [6.45, 7) is 4.08. The largest absolute Gasteiger partial charge is 0.445 e. The maximum Gasteiger partial charge on any atom is 0.407 e. The van der Waals surface area contributed by atoms with Gasteiger partial charge in [-0.2, -0.15) is 0 Å². The van der Waals surface area contributed by atoms with Gasteiger partial charge in [0.05, 0.1) is 0 Å². The van der Waals surface area contributed by atoms with Crippen LogP contribution in [-0.4, -0.2) is 24.1 Å². The Kier molecular flexibility index (Phi) is 5.85. The summed E-state index contributed by atoms with van der Waals surface area (Å²) in [5.41, 5.74) is 3.42. The average Bonchev–Trinajstić information content (AvgIpc) is 3.13. The Morgan fingerprint density at radius 1 is 0.958 bits per heavy atom. The number of amides is 1. The lowest BCUT2D eigenvalue weighted by atomic mass is 10.1. The molecule has 2 aromatic carbocycles.